The van der Waals surface area contributed by atoms with E-state index >= 15 is 0 Å². The van der Waals surface area contributed by atoms with Gasteiger partial charge in [0.2, 0.25) is 0 Å². The zero-order valence-electron chi connectivity index (χ0n) is 16.8. The first kappa shape index (κ1) is 25.5. The Kier molecular flexibility index (Phi) is 12.4. The lowest BCUT2D eigenvalue weighted by molar-refractivity contribution is -0.186. The maximum atomic E-state index is 12.2. The summed E-state index contributed by atoms with van der Waals surface area (Å²) in [5.41, 5.74) is 0. The molecule has 0 aromatic heterocycles. The lowest BCUT2D eigenvalue weighted by Gasteiger charge is -2.35. The highest BCUT2D eigenvalue weighted by molar-refractivity contribution is 7.80. The molecule has 166 valence electrons. The molecule has 8 nitrogen and oxygen atoms in total. The van der Waals surface area contributed by atoms with Crippen molar-refractivity contribution in [2.75, 3.05) is 6.61 Å². The van der Waals surface area contributed by atoms with Crippen LogP contribution in [0.25, 0.3) is 0 Å². The summed E-state index contributed by atoms with van der Waals surface area (Å²) in [6, 6.07) is 0. The molecule has 1 fully saturated rings. The maximum Gasteiger partial charge on any atom is 0.397 e. The number of aliphatic hydroxyl groups is 2. The van der Waals surface area contributed by atoms with E-state index in [1.807, 2.05) is 0 Å². The summed E-state index contributed by atoms with van der Waals surface area (Å²) >= 11 is 0. The average Bonchev–Trinajstić information content (AvgIpc) is 2.62. The molecule has 0 aromatic carbocycles. The molecule has 0 bridgehead atoms. The maximum absolute atomic E-state index is 12.2. The number of ketones is 1. The topological polar surface area (TPSA) is 130 Å². The third-order valence-corrected chi connectivity index (χ3v) is 5.56. The predicted octanol–water partition coefficient (Wildman–Crippen LogP) is 2.57. The van der Waals surface area contributed by atoms with Crippen molar-refractivity contribution in [2.24, 2.45) is 0 Å². The molecule has 9 heteroatoms. The van der Waals surface area contributed by atoms with E-state index in [0.717, 1.165) is 19.3 Å². The van der Waals surface area contributed by atoms with Crippen LogP contribution in [0.5, 0.6) is 0 Å². The molecule has 28 heavy (non-hydrogen) atoms. The van der Waals surface area contributed by atoms with Crippen molar-refractivity contribution >= 4 is 16.2 Å². The third-order valence-electron chi connectivity index (χ3n) is 5.07. The van der Waals surface area contributed by atoms with Gasteiger partial charge in [-0.3, -0.25) is 9.35 Å². The first-order valence-electron chi connectivity index (χ1n) is 10.4. The largest absolute Gasteiger partial charge is 0.397 e. The van der Waals surface area contributed by atoms with Crippen LogP contribution < -0.4 is 0 Å². The molecular weight excluding hydrogens is 388 g/mol. The summed E-state index contributed by atoms with van der Waals surface area (Å²) in [4.78, 5) is 12.2. The number of unbranched alkanes of at least 4 members (excludes halogenated alkanes) is 10. The van der Waals surface area contributed by atoms with E-state index in [1.165, 1.54) is 44.9 Å². The van der Waals surface area contributed by atoms with Gasteiger partial charge in [-0.15, -0.1) is 0 Å². The Morgan fingerprint density at radius 3 is 1.93 bits per heavy atom. The van der Waals surface area contributed by atoms with E-state index in [2.05, 4.69) is 11.1 Å². The monoisotopic (exact) mass is 424 g/mol. The van der Waals surface area contributed by atoms with Crippen LogP contribution in [0.15, 0.2) is 0 Å². The van der Waals surface area contributed by atoms with E-state index in [4.69, 9.17) is 9.29 Å². The number of carbonyl (C=O) groups excluding carboxylic acids is 1. The van der Waals surface area contributed by atoms with E-state index < -0.39 is 41.4 Å². The van der Waals surface area contributed by atoms with Crippen LogP contribution in [0.4, 0.5) is 0 Å². The number of aliphatic hydroxyl groups excluding tert-OH is 2. The summed E-state index contributed by atoms with van der Waals surface area (Å²) in [7, 11) is -4.79. The average molecular weight is 425 g/mol. The van der Waals surface area contributed by atoms with Crippen molar-refractivity contribution < 1.29 is 36.9 Å². The van der Waals surface area contributed by atoms with Crippen LogP contribution in [0.1, 0.15) is 84.0 Å². The van der Waals surface area contributed by atoms with Crippen molar-refractivity contribution in [1.29, 1.82) is 0 Å². The molecule has 0 saturated carbocycles. The van der Waals surface area contributed by atoms with Gasteiger partial charge >= 0.3 is 10.4 Å². The fourth-order valence-corrected chi connectivity index (χ4v) is 3.91. The van der Waals surface area contributed by atoms with Gasteiger partial charge in [0.15, 0.2) is 5.78 Å². The minimum atomic E-state index is -4.79. The molecule has 4 atom stereocenters. The van der Waals surface area contributed by atoms with Crippen molar-refractivity contribution in [2.45, 2.75) is 108 Å². The number of Topliss-reactive ketones (excluding diaryl/α,β-unsaturated/α-hetero) is 1. The highest BCUT2D eigenvalue weighted by atomic mass is 32.3. The second-order valence-corrected chi connectivity index (χ2v) is 8.60. The first-order chi connectivity index (χ1) is 13.3. The predicted molar refractivity (Wildman–Crippen MR) is 104 cm³/mol. The molecule has 1 aliphatic heterocycles. The van der Waals surface area contributed by atoms with Crippen LogP contribution >= 0.6 is 0 Å². The second-order valence-electron chi connectivity index (χ2n) is 7.55. The van der Waals surface area contributed by atoms with E-state index in [1.54, 1.807) is 0 Å². The Labute approximate surface area is 168 Å². The molecule has 0 spiro atoms. The Morgan fingerprint density at radius 2 is 1.43 bits per heavy atom. The number of hydrogen-bond acceptors (Lipinski definition) is 7. The van der Waals surface area contributed by atoms with Crippen molar-refractivity contribution in [3.8, 4) is 0 Å². The normalized spacial score (nSPS) is 25.7. The lowest BCUT2D eigenvalue weighted by atomic mass is 9.94. The fourth-order valence-electron chi connectivity index (χ4n) is 3.42. The Morgan fingerprint density at radius 1 is 0.929 bits per heavy atom. The van der Waals surface area contributed by atoms with Crippen molar-refractivity contribution in [3.05, 3.63) is 0 Å². The Balaban J connectivity index is 2.14. The van der Waals surface area contributed by atoms with Crippen molar-refractivity contribution in [3.63, 3.8) is 0 Å². The SMILES string of the molecule is CCCCCCCCCCCCCC(=O)C1OC[C@@H](OS(=O)(=O)O)[C@H](O)[C@H]1O. The molecule has 0 amide bonds. The van der Waals surface area contributed by atoms with Gasteiger partial charge in [0.1, 0.15) is 24.4 Å². The number of ether oxygens (including phenoxy) is 1. The molecule has 1 aliphatic rings. The van der Waals surface area contributed by atoms with Gasteiger partial charge in [-0.1, -0.05) is 71.1 Å². The molecule has 3 N–H and O–H groups in total. The van der Waals surface area contributed by atoms with Crippen LogP contribution in [-0.4, -0.2) is 60.0 Å². The van der Waals surface area contributed by atoms with Gasteiger partial charge in [0.05, 0.1) is 6.61 Å². The highest BCUT2D eigenvalue weighted by Crippen LogP contribution is 2.21. The molecule has 0 aromatic rings. The standard InChI is InChI=1S/C19H36O8S/c1-2-3-4-5-6-7-8-9-10-11-12-13-15(20)19-18(22)17(21)16(14-26-19)27-28(23,24)25/h16-19,21-22H,2-14H2,1H3,(H,23,24,25)/t16-,17+,18-,19?/m1/s1. The Hall–Kier alpha value is -0.580. The Bertz CT molecular complexity index is 536. The second kappa shape index (κ2) is 13.6. The van der Waals surface area contributed by atoms with Gasteiger partial charge in [0.25, 0.3) is 0 Å². The van der Waals surface area contributed by atoms with Gasteiger partial charge in [-0.2, -0.15) is 8.42 Å². The number of rotatable bonds is 15. The minimum Gasteiger partial charge on any atom is -0.387 e. The fraction of sp³-hybridized carbons (Fsp3) is 0.947. The summed E-state index contributed by atoms with van der Waals surface area (Å²) in [6.45, 7) is 1.80. The van der Waals surface area contributed by atoms with Gasteiger partial charge < -0.3 is 14.9 Å². The quantitative estimate of drug-likeness (QED) is 0.270. The summed E-state index contributed by atoms with van der Waals surface area (Å²) < 4.78 is 39.5. The summed E-state index contributed by atoms with van der Waals surface area (Å²) in [5.74, 6) is -0.326. The van der Waals surface area contributed by atoms with E-state index in [-0.39, 0.29) is 12.2 Å². The van der Waals surface area contributed by atoms with Crippen LogP contribution in [0, 0.1) is 0 Å². The minimum absolute atomic E-state index is 0.231. The molecule has 1 heterocycles. The molecule has 0 radical (unpaired) electrons. The zero-order chi connectivity index (χ0) is 21.0. The third kappa shape index (κ3) is 10.3. The van der Waals surface area contributed by atoms with Crippen molar-refractivity contribution in [1.82, 2.24) is 0 Å². The molecule has 1 rings (SSSR count). The lowest BCUT2D eigenvalue weighted by Crippen LogP contribution is -2.56. The smallest absolute Gasteiger partial charge is 0.387 e. The first-order valence-corrected chi connectivity index (χ1v) is 11.8. The van der Waals surface area contributed by atoms with Gasteiger partial charge in [-0.25, -0.2) is 4.18 Å². The number of carbonyl (C=O) groups is 1. The van der Waals surface area contributed by atoms with Gasteiger partial charge in [0, 0.05) is 6.42 Å². The van der Waals surface area contributed by atoms with Crippen LogP contribution in [0.2, 0.25) is 0 Å². The summed E-state index contributed by atoms with van der Waals surface area (Å²) in [5, 5.41) is 19.9. The molecular formula is C19H36O8S. The number of hydrogen-bond donors (Lipinski definition) is 3. The molecule has 1 unspecified atom stereocenters. The summed E-state index contributed by atoms with van der Waals surface area (Å²) in [6.07, 6.45) is 7.14. The highest BCUT2D eigenvalue weighted by Gasteiger charge is 2.43. The van der Waals surface area contributed by atoms with Crippen LogP contribution in [-0.2, 0) is 24.1 Å². The molecule has 0 aliphatic carbocycles. The van der Waals surface area contributed by atoms with Crippen LogP contribution in [0.3, 0.4) is 0 Å². The van der Waals surface area contributed by atoms with E-state index in [9.17, 15) is 23.4 Å². The van der Waals surface area contributed by atoms with Gasteiger partial charge in [-0.05, 0) is 6.42 Å². The molecule has 1 saturated heterocycles. The zero-order valence-corrected chi connectivity index (χ0v) is 17.6. The van der Waals surface area contributed by atoms with E-state index in [0.29, 0.717) is 6.42 Å².